The van der Waals surface area contributed by atoms with Gasteiger partial charge in [0, 0.05) is 39.4 Å². The number of carbonyl (C=O) groups excluding carboxylic acids is 5. The molecule has 1 aliphatic rings. The molecule has 1 heterocycles. The molecule has 1 fully saturated rings. The van der Waals surface area contributed by atoms with Crippen LogP contribution >= 0.6 is 0 Å². The second-order valence-electron chi connectivity index (χ2n) is 15.0. The van der Waals surface area contributed by atoms with Gasteiger partial charge in [-0.05, 0) is 43.2 Å². The van der Waals surface area contributed by atoms with Crippen molar-refractivity contribution in [1.82, 2.24) is 25.8 Å². The first kappa shape index (κ1) is 45.4. The summed E-state index contributed by atoms with van der Waals surface area (Å²) in [6, 6.07) is 5.68. The first-order chi connectivity index (χ1) is 25.1. The first-order valence-electron chi connectivity index (χ1n) is 18.9. The predicted octanol–water partition coefficient (Wildman–Crippen LogP) is 3.31. The molecule has 0 saturated carbocycles. The number of amides is 5. The van der Waals surface area contributed by atoms with Crippen molar-refractivity contribution >= 4 is 29.5 Å². The van der Waals surface area contributed by atoms with Crippen molar-refractivity contribution in [3.8, 4) is 0 Å². The summed E-state index contributed by atoms with van der Waals surface area (Å²) in [5, 5.41) is 11.3. The van der Waals surface area contributed by atoms with E-state index in [1.165, 1.54) is 14.2 Å². The molecule has 1 aromatic rings. The third-order valence-electron chi connectivity index (χ3n) is 10.7. The number of methoxy groups -OCH3 is 2. The molecule has 0 bridgehead atoms. The van der Waals surface area contributed by atoms with Gasteiger partial charge in [-0.15, -0.1) is 4.91 Å². The Morgan fingerprint density at radius 3 is 2.06 bits per heavy atom. The van der Waals surface area contributed by atoms with Crippen molar-refractivity contribution in [1.29, 1.82) is 0 Å². The largest absolute Gasteiger partial charge is 0.379 e. The Labute approximate surface area is 315 Å². The molecule has 2 rings (SSSR count). The molecule has 14 nitrogen and oxygen atoms in total. The van der Waals surface area contributed by atoms with Crippen molar-refractivity contribution in [2.45, 2.75) is 123 Å². The number of hydrogen-bond acceptors (Lipinski definition) is 9. The Hall–Kier alpha value is -3.75. The molecule has 0 unspecified atom stereocenters. The van der Waals surface area contributed by atoms with Crippen molar-refractivity contribution in [2.24, 2.45) is 28.8 Å². The highest BCUT2D eigenvalue weighted by Crippen LogP contribution is 2.30. The van der Waals surface area contributed by atoms with E-state index in [1.54, 1.807) is 55.1 Å². The van der Waals surface area contributed by atoms with Gasteiger partial charge in [0.1, 0.15) is 12.1 Å². The molecular formula is C39H64N6O8. The number of nitrogens with zero attached hydrogens (tertiary/aromatic N) is 3. The first-order valence-corrected chi connectivity index (χ1v) is 18.9. The third-order valence-corrected chi connectivity index (χ3v) is 10.7. The molecule has 5 amide bonds. The Bertz CT molecular complexity index is 1360. The minimum atomic E-state index is -1.15. The number of rotatable bonds is 21. The van der Waals surface area contributed by atoms with E-state index in [0.29, 0.717) is 25.8 Å². The molecule has 3 N–H and O–H groups in total. The van der Waals surface area contributed by atoms with Crippen LogP contribution in [0.25, 0.3) is 0 Å². The molecule has 0 aliphatic carbocycles. The molecule has 9 atom stereocenters. The zero-order valence-electron chi connectivity index (χ0n) is 33.6. The fourth-order valence-corrected chi connectivity index (χ4v) is 7.47. The van der Waals surface area contributed by atoms with Crippen LogP contribution in [0.4, 0.5) is 0 Å². The van der Waals surface area contributed by atoms with E-state index in [2.05, 4.69) is 21.1 Å². The van der Waals surface area contributed by atoms with Gasteiger partial charge in [0.05, 0.1) is 42.7 Å². The zero-order valence-corrected chi connectivity index (χ0v) is 33.6. The van der Waals surface area contributed by atoms with Crippen LogP contribution in [0.15, 0.2) is 35.5 Å². The number of hydrogen-bond donors (Lipinski definition) is 3. The van der Waals surface area contributed by atoms with Crippen LogP contribution in [-0.4, -0.2) is 117 Å². The van der Waals surface area contributed by atoms with Crippen LogP contribution < -0.4 is 16.0 Å². The number of nitroso groups, excluding NO2 is 1. The third kappa shape index (κ3) is 12.1. The molecular weight excluding hydrogens is 680 g/mol. The lowest BCUT2D eigenvalue weighted by atomic mass is 9.89. The highest BCUT2D eigenvalue weighted by Gasteiger charge is 2.43. The smallest absolute Gasteiger partial charge is 0.308 e. The molecule has 1 aliphatic heterocycles. The Kier molecular flexibility index (Phi) is 18.7. The average Bonchev–Trinajstić information content (AvgIpc) is 3.62. The highest BCUT2D eigenvalue weighted by molar-refractivity contribution is 5.91. The van der Waals surface area contributed by atoms with Crippen LogP contribution in [0.2, 0.25) is 0 Å². The molecule has 0 spiro atoms. The predicted molar refractivity (Wildman–Crippen MR) is 203 cm³/mol. The van der Waals surface area contributed by atoms with Crippen LogP contribution in [0.5, 0.6) is 0 Å². The second-order valence-corrected chi connectivity index (χ2v) is 15.0. The summed E-state index contributed by atoms with van der Waals surface area (Å²) in [7, 11) is 6.43. The summed E-state index contributed by atoms with van der Waals surface area (Å²) in [5.41, 5.74) is 0.757. The Balaban J connectivity index is 2.28. The van der Waals surface area contributed by atoms with Crippen LogP contribution in [-0.2, 0) is 39.9 Å². The molecule has 0 radical (unpaired) electrons. The van der Waals surface area contributed by atoms with Gasteiger partial charge in [-0.25, -0.2) is 0 Å². The van der Waals surface area contributed by atoms with E-state index in [-0.39, 0.29) is 48.3 Å². The monoisotopic (exact) mass is 744 g/mol. The van der Waals surface area contributed by atoms with Crippen molar-refractivity contribution in [2.75, 3.05) is 34.9 Å². The van der Waals surface area contributed by atoms with Gasteiger partial charge in [-0.2, -0.15) is 0 Å². The fourth-order valence-electron chi connectivity index (χ4n) is 7.47. The number of nitrogens with one attached hydrogen (secondary N) is 3. The van der Waals surface area contributed by atoms with E-state index < -0.39 is 60.1 Å². The van der Waals surface area contributed by atoms with E-state index >= 15 is 0 Å². The van der Waals surface area contributed by atoms with E-state index in [9.17, 15) is 28.9 Å². The van der Waals surface area contributed by atoms with E-state index in [4.69, 9.17) is 9.47 Å². The standard InChI is InChI=1S/C39H64N6O8/c1-12-25(6)34(44(9)39(50)33(24(4)5)42-38(49)32(40-8)23(2)3)30(52-10)22-31(46)45-20-16-19-29(45)35(53-11)26(7)36(47)41-28(37(48)43-51)21-27-17-14-13-15-18-27/h13-15,17-18,23-26,28-30,32-35,40H,12,16,19-22H2,1-11H3,(H,41,47)(H,42,49)/t25-,26+,28-,29-,30+,32-,33-,34-,35+/m0/s1. The maximum atomic E-state index is 14.1. The lowest BCUT2D eigenvalue weighted by Gasteiger charge is -2.41. The maximum Gasteiger partial charge on any atom is 0.308 e. The number of benzene rings is 1. The van der Waals surface area contributed by atoms with Gasteiger partial charge < -0.3 is 35.2 Å². The highest BCUT2D eigenvalue weighted by atomic mass is 16.5. The molecule has 298 valence electrons. The van der Waals surface area contributed by atoms with Crippen molar-refractivity contribution in [3.05, 3.63) is 40.8 Å². The van der Waals surface area contributed by atoms with Crippen molar-refractivity contribution in [3.63, 3.8) is 0 Å². The maximum absolute atomic E-state index is 14.1. The van der Waals surface area contributed by atoms with Crippen LogP contribution in [0.1, 0.15) is 79.7 Å². The van der Waals surface area contributed by atoms with Gasteiger partial charge in [0.2, 0.25) is 23.6 Å². The lowest BCUT2D eigenvalue weighted by molar-refractivity contribution is -0.148. The molecule has 1 saturated heterocycles. The van der Waals surface area contributed by atoms with Gasteiger partial charge in [-0.1, -0.05) is 85.2 Å². The Morgan fingerprint density at radius 2 is 1.55 bits per heavy atom. The summed E-state index contributed by atoms with van der Waals surface area (Å²) in [6.45, 7) is 13.8. The minimum absolute atomic E-state index is 0.0161. The summed E-state index contributed by atoms with van der Waals surface area (Å²) < 4.78 is 11.8. The van der Waals surface area contributed by atoms with Crippen LogP contribution in [0, 0.1) is 28.6 Å². The number of carbonyl (C=O) groups is 5. The fraction of sp³-hybridized carbons (Fsp3) is 0.718. The lowest BCUT2D eigenvalue weighted by Crippen LogP contribution is -2.59. The number of likely N-dealkylation sites (tertiary alicyclic amines) is 1. The van der Waals surface area contributed by atoms with Gasteiger partial charge in [0.15, 0.2) is 0 Å². The summed E-state index contributed by atoms with van der Waals surface area (Å²) in [6.07, 6.45) is 0.691. The minimum Gasteiger partial charge on any atom is -0.379 e. The normalized spacial score (nSPS) is 19.0. The topological polar surface area (TPSA) is 176 Å². The number of likely N-dealkylation sites (N-methyl/N-ethyl adjacent to an activating group) is 2. The van der Waals surface area contributed by atoms with Crippen LogP contribution in [0.3, 0.4) is 0 Å². The van der Waals surface area contributed by atoms with E-state index in [1.807, 2.05) is 47.6 Å². The quantitative estimate of drug-likeness (QED) is 0.160. The SMILES string of the molecule is CC[C@H](C)[C@@H]([C@@H](CC(=O)N1CCC[C@H]1[C@H](OC)[C@@H](C)C(=O)N[C@@H](Cc1ccccc1)C(=O)N=O)OC)N(C)C(=O)[C@@H](NC(=O)[C@@H](NC)C(C)C)C(C)C. The molecule has 1 aromatic carbocycles. The van der Waals surface area contributed by atoms with Crippen molar-refractivity contribution < 1.29 is 33.4 Å². The van der Waals surface area contributed by atoms with Gasteiger partial charge in [-0.3, -0.25) is 24.0 Å². The zero-order chi connectivity index (χ0) is 40.0. The average molecular weight is 745 g/mol. The molecule has 14 heteroatoms. The van der Waals surface area contributed by atoms with Gasteiger partial charge >= 0.3 is 5.91 Å². The number of ether oxygens (including phenoxy) is 2. The second kappa shape index (κ2) is 21.8. The summed E-state index contributed by atoms with van der Waals surface area (Å²) >= 11 is 0. The Morgan fingerprint density at radius 1 is 0.925 bits per heavy atom. The summed E-state index contributed by atoms with van der Waals surface area (Å²) in [5.74, 6) is -3.22. The molecule has 0 aromatic heterocycles. The molecule has 53 heavy (non-hydrogen) atoms. The van der Waals surface area contributed by atoms with E-state index in [0.717, 1.165) is 5.56 Å². The summed E-state index contributed by atoms with van der Waals surface area (Å²) in [4.78, 5) is 81.9. The van der Waals surface area contributed by atoms with Gasteiger partial charge in [0.25, 0.3) is 0 Å².